The second-order valence-electron chi connectivity index (χ2n) is 6.40. The predicted molar refractivity (Wildman–Crippen MR) is 106 cm³/mol. The molecule has 0 spiro atoms. The van der Waals surface area contributed by atoms with Crippen LogP contribution < -0.4 is 5.32 Å². The van der Waals surface area contributed by atoms with Gasteiger partial charge < -0.3 is 14.8 Å². The number of halogens is 2. The van der Waals surface area contributed by atoms with Gasteiger partial charge in [-0.15, -0.1) is 0 Å². The van der Waals surface area contributed by atoms with Crippen LogP contribution in [0.4, 0.5) is 0 Å². The number of hydrogen-bond donors (Lipinski definition) is 1. The van der Waals surface area contributed by atoms with Crippen LogP contribution in [-0.4, -0.2) is 35.9 Å². The molecule has 0 saturated carbocycles. The molecule has 3 rings (SSSR count). The zero-order chi connectivity index (χ0) is 19.4. The van der Waals surface area contributed by atoms with Crippen LogP contribution in [0.5, 0.6) is 0 Å². The molecule has 1 saturated heterocycles. The third-order valence-electron chi connectivity index (χ3n) is 4.60. The summed E-state index contributed by atoms with van der Waals surface area (Å²) < 4.78 is 6.78. The van der Waals surface area contributed by atoms with Gasteiger partial charge in [-0.1, -0.05) is 51.8 Å². The van der Waals surface area contributed by atoms with Gasteiger partial charge in [0.05, 0.1) is 0 Å². The quantitative estimate of drug-likeness (QED) is 0.411. The molecule has 1 heterocycles. The van der Waals surface area contributed by atoms with Crippen molar-refractivity contribution in [2.75, 3.05) is 6.54 Å². The van der Waals surface area contributed by atoms with Crippen LogP contribution in [0.25, 0.3) is 0 Å². The lowest BCUT2D eigenvalue weighted by Crippen LogP contribution is -2.56. The van der Waals surface area contributed by atoms with Gasteiger partial charge in [0.1, 0.15) is 24.5 Å². The maximum atomic E-state index is 11.9. The molecule has 1 aliphatic heterocycles. The van der Waals surface area contributed by atoms with Crippen LogP contribution >= 0.6 is 27.5 Å². The largest absolute Gasteiger partial charge is 0.360 e. The van der Waals surface area contributed by atoms with Crippen LogP contribution in [0.1, 0.15) is 17.2 Å². The summed E-state index contributed by atoms with van der Waals surface area (Å²) >= 11 is 9.29. The molecule has 2 aromatic rings. The van der Waals surface area contributed by atoms with Crippen molar-refractivity contribution in [2.24, 2.45) is 0 Å². The Bertz CT molecular complexity index is 800. The third-order valence-corrected chi connectivity index (χ3v) is 5.38. The van der Waals surface area contributed by atoms with Crippen molar-refractivity contribution in [1.82, 2.24) is 5.32 Å². The fraction of sp³-hybridized carbons (Fsp3) is 0.316. The Balaban J connectivity index is 1.89. The zero-order valence-electron chi connectivity index (χ0n) is 14.3. The highest BCUT2D eigenvalue weighted by Crippen LogP contribution is 2.30. The lowest BCUT2D eigenvalue weighted by molar-refractivity contribution is -0.530. The molecular weight excluding hydrogens is 436 g/mol. The first-order chi connectivity index (χ1) is 13.0. The maximum Gasteiger partial charge on any atom is 0.235 e. The van der Waals surface area contributed by atoms with Crippen LogP contribution in [0, 0.1) is 10.1 Å². The predicted octanol–water partition coefficient (Wildman–Crippen LogP) is 3.59. The second kappa shape index (κ2) is 8.93. The molecule has 2 aromatic carbocycles. The van der Waals surface area contributed by atoms with E-state index in [1.807, 2.05) is 24.3 Å². The standard InChI is InChI=1S/C19H18BrClN2O4/c20-14-5-3-13(4-6-14)19-18(22-10-16(11-24)27-19)17(23(25)26)9-12-1-7-15(21)8-2-12/h1-8,11,16-19,22H,9-10H2/t16-,17?,18-,19+/m1/s1. The van der Waals surface area contributed by atoms with Gasteiger partial charge in [0.15, 0.2) is 0 Å². The number of carbonyl (C=O) groups is 1. The Morgan fingerprint density at radius 1 is 1.26 bits per heavy atom. The molecule has 6 nitrogen and oxygen atoms in total. The minimum atomic E-state index is -0.924. The Hall–Kier alpha value is -1.80. The highest BCUT2D eigenvalue weighted by atomic mass is 79.9. The van der Waals surface area contributed by atoms with Gasteiger partial charge in [0.25, 0.3) is 0 Å². The van der Waals surface area contributed by atoms with Gasteiger partial charge in [-0.25, -0.2) is 0 Å². The molecule has 1 fully saturated rings. The number of nitro groups is 1. The number of morpholine rings is 1. The van der Waals surface area contributed by atoms with Crippen LogP contribution in [0.3, 0.4) is 0 Å². The molecular formula is C19H18BrClN2O4. The van der Waals surface area contributed by atoms with Crippen molar-refractivity contribution < 1.29 is 14.5 Å². The minimum absolute atomic E-state index is 0.226. The van der Waals surface area contributed by atoms with Crippen molar-refractivity contribution in [3.63, 3.8) is 0 Å². The van der Waals surface area contributed by atoms with Crippen molar-refractivity contribution in [3.05, 3.63) is 79.3 Å². The number of nitrogens with zero attached hydrogens (tertiary/aromatic N) is 1. The molecule has 0 radical (unpaired) electrons. The second-order valence-corrected chi connectivity index (χ2v) is 7.75. The molecule has 4 atom stereocenters. The van der Waals surface area contributed by atoms with E-state index in [0.29, 0.717) is 5.02 Å². The van der Waals surface area contributed by atoms with Gasteiger partial charge in [-0.2, -0.15) is 0 Å². The number of nitrogens with one attached hydrogen (secondary N) is 1. The van der Waals surface area contributed by atoms with E-state index in [-0.39, 0.29) is 17.9 Å². The van der Waals surface area contributed by atoms with Gasteiger partial charge >= 0.3 is 0 Å². The van der Waals surface area contributed by atoms with Crippen molar-refractivity contribution in [2.45, 2.75) is 30.7 Å². The molecule has 0 aliphatic carbocycles. The van der Waals surface area contributed by atoms with E-state index in [1.165, 1.54) is 0 Å². The molecule has 1 aliphatic rings. The van der Waals surface area contributed by atoms with Gasteiger partial charge in [0, 0.05) is 27.4 Å². The summed E-state index contributed by atoms with van der Waals surface area (Å²) in [5.74, 6) is 0. The average Bonchev–Trinajstić information content (AvgIpc) is 2.67. The number of carbonyl (C=O) groups excluding carboxylic acids is 1. The maximum absolute atomic E-state index is 11.9. The Labute approximate surface area is 170 Å². The SMILES string of the molecule is O=C[C@H]1CN[C@H](C(Cc2ccc(Cl)cc2)[N+](=O)[O-])[C@H](c2ccc(Br)cc2)O1. The molecule has 0 aromatic heterocycles. The number of hydrogen-bond acceptors (Lipinski definition) is 5. The molecule has 8 heteroatoms. The topological polar surface area (TPSA) is 81.5 Å². The monoisotopic (exact) mass is 452 g/mol. The lowest BCUT2D eigenvalue weighted by atomic mass is 9.90. The summed E-state index contributed by atoms with van der Waals surface area (Å²) in [7, 11) is 0. The highest BCUT2D eigenvalue weighted by molar-refractivity contribution is 9.10. The summed E-state index contributed by atoms with van der Waals surface area (Å²) in [6, 6.07) is 12.9. The fourth-order valence-electron chi connectivity index (χ4n) is 3.23. The van der Waals surface area contributed by atoms with Crippen LogP contribution in [0.15, 0.2) is 53.0 Å². The van der Waals surface area contributed by atoms with Crippen LogP contribution in [-0.2, 0) is 16.0 Å². The summed E-state index contributed by atoms with van der Waals surface area (Å²) in [5, 5.41) is 15.6. The molecule has 27 heavy (non-hydrogen) atoms. The van der Waals surface area contributed by atoms with Crippen molar-refractivity contribution >= 4 is 33.8 Å². The van der Waals surface area contributed by atoms with E-state index < -0.39 is 24.3 Å². The number of benzene rings is 2. The molecule has 0 amide bonds. The summed E-state index contributed by atoms with van der Waals surface area (Å²) in [5.41, 5.74) is 1.60. The summed E-state index contributed by atoms with van der Waals surface area (Å²) in [6.45, 7) is 0.242. The number of aldehydes is 1. The smallest absolute Gasteiger partial charge is 0.235 e. The Morgan fingerprint density at radius 3 is 2.52 bits per heavy atom. The van der Waals surface area contributed by atoms with E-state index >= 15 is 0 Å². The normalized spacial score (nSPS) is 23.6. The van der Waals surface area contributed by atoms with Gasteiger partial charge in [-0.05, 0) is 35.4 Å². The summed E-state index contributed by atoms with van der Waals surface area (Å²) in [4.78, 5) is 22.8. The molecule has 0 bridgehead atoms. The van der Waals surface area contributed by atoms with Crippen molar-refractivity contribution in [3.8, 4) is 0 Å². The lowest BCUT2D eigenvalue weighted by Gasteiger charge is -2.37. The highest BCUT2D eigenvalue weighted by Gasteiger charge is 2.42. The molecule has 142 valence electrons. The first-order valence-corrected chi connectivity index (χ1v) is 9.62. The zero-order valence-corrected chi connectivity index (χ0v) is 16.6. The third kappa shape index (κ3) is 4.93. The van der Waals surface area contributed by atoms with Gasteiger partial charge in [0.2, 0.25) is 6.04 Å². The first kappa shape index (κ1) is 19.9. The van der Waals surface area contributed by atoms with Crippen molar-refractivity contribution in [1.29, 1.82) is 0 Å². The van der Waals surface area contributed by atoms with E-state index in [0.717, 1.165) is 21.9 Å². The minimum Gasteiger partial charge on any atom is -0.360 e. The van der Waals surface area contributed by atoms with E-state index in [4.69, 9.17) is 16.3 Å². The molecule has 1 N–H and O–H groups in total. The van der Waals surface area contributed by atoms with E-state index in [1.54, 1.807) is 24.3 Å². The number of ether oxygens (including phenoxy) is 1. The Kier molecular flexibility index (Phi) is 6.59. The van der Waals surface area contributed by atoms with E-state index in [9.17, 15) is 14.9 Å². The Morgan fingerprint density at radius 2 is 1.93 bits per heavy atom. The number of rotatable bonds is 6. The molecule has 1 unspecified atom stereocenters. The van der Waals surface area contributed by atoms with Gasteiger partial charge in [-0.3, -0.25) is 10.1 Å². The van der Waals surface area contributed by atoms with E-state index in [2.05, 4.69) is 21.2 Å². The average molecular weight is 454 g/mol. The summed E-state index contributed by atoms with van der Waals surface area (Å²) in [6.07, 6.45) is -0.304. The van der Waals surface area contributed by atoms with Crippen LogP contribution in [0.2, 0.25) is 5.02 Å². The fourth-order valence-corrected chi connectivity index (χ4v) is 3.62. The first-order valence-electron chi connectivity index (χ1n) is 8.45.